The highest BCUT2D eigenvalue weighted by Gasteiger charge is 2.36. The molecule has 2 amide bonds. The van der Waals surface area contributed by atoms with Gasteiger partial charge in [-0.1, -0.05) is 17.7 Å². The molecule has 6 nitrogen and oxygen atoms in total. The van der Waals surface area contributed by atoms with Crippen LogP contribution in [0.5, 0.6) is 5.75 Å². The summed E-state index contributed by atoms with van der Waals surface area (Å²) in [6.45, 7) is -0.0737. The van der Waals surface area contributed by atoms with E-state index in [4.69, 9.17) is 20.8 Å². The van der Waals surface area contributed by atoms with E-state index < -0.39 is 11.6 Å². The molecule has 2 aromatic heterocycles. The van der Waals surface area contributed by atoms with Crippen molar-refractivity contribution in [3.8, 4) is 5.75 Å². The van der Waals surface area contributed by atoms with Gasteiger partial charge in [0.1, 0.15) is 11.5 Å². The Morgan fingerprint density at radius 2 is 2.19 bits per heavy atom. The van der Waals surface area contributed by atoms with Crippen molar-refractivity contribution in [3.05, 3.63) is 69.8 Å². The number of amides is 2. The smallest absolute Gasteiger partial charge is 0.319 e. The van der Waals surface area contributed by atoms with Crippen molar-refractivity contribution in [2.24, 2.45) is 0 Å². The number of anilines is 1. The minimum atomic E-state index is -1.46. The molecule has 136 valence electrons. The fourth-order valence-corrected chi connectivity index (χ4v) is 3.48. The Bertz CT molecular complexity index is 831. The molecule has 1 aromatic carbocycles. The first-order valence-electron chi connectivity index (χ1n) is 7.71. The maximum Gasteiger partial charge on any atom is 0.319 e. The average molecular weight is 393 g/mol. The second-order valence-corrected chi connectivity index (χ2v) is 6.85. The number of hydrogen-bond acceptors (Lipinski definition) is 5. The summed E-state index contributed by atoms with van der Waals surface area (Å²) in [7, 11) is 1.50. The monoisotopic (exact) mass is 392 g/mol. The topological polar surface area (TPSA) is 83.7 Å². The largest absolute Gasteiger partial charge is 0.495 e. The van der Waals surface area contributed by atoms with Crippen LogP contribution >= 0.6 is 22.9 Å². The molecule has 0 aliphatic heterocycles. The van der Waals surface area contributed by atoms with E-state index >= 15 is 0 Å². The first kappa shape index (κ1) is 18.3. The van der Waals surface area contributed by atoms with Gasteiger partial charge in [-0.05, 0) is 41.8 Å². The van der Waals surface area contributed by atoms with Gasteiger partial charge in [-0.15, -0.1) is 11.3 Å². The lowest BCUT2D eigenvalue weighted by Gasteiger charge is -2.25. The molecule has 0 saturated carbocycles. The number of benzene rings is 1. The first-order valence-corrected chi connectivity index (χ1v) is 8.97. The molecule has 26 heavy (non-hydrogen) atoms. The van der Waals surface area contributed by atoms with Gasteiger partial charge in [0.25, 0.3) is 0 Å². The van der Waals surface area contributed by atoms with Crippen molar-refractivity contribution in [3.63, 3.8) is 0 Å². The average Bonchev–Trinajstić information content (AvgIpc) is 3.33. The number of rotatable bonds is 6. The van der Waals surface area contributed by atoms with Gasteiger partial charge >= 0.3 is 6.03 Å². The maximum absolute atomic E-state index is 12.3. The number of nitrogens with one attached hydrogen (secondary N) is 2. The predicted octanol–water partition coefficient (Wildman–Crippen LogP) is 4.06. The molecule has 8 heteroatoms. The van der Waals surface area contributed by atoms with Crippen LogP contribution < -0.4 is 15.4 Å². The van der Waals surface area contributed by atoms with Crippen molar-refractivity contribution in [2.75, 3.05) is 19.0 Å². The van der Waals surface area contributed by atoms with Crippen LogP contribution in [0.4, 0.5) is 10.5 Å². The lowest BCUT2D eigenvalue weighted by molar-refractivity contribution is 0.0628. The number of hydrogen-bond donors (Lipinski definition) is 3. The molecule has 0 saturated heterocycles. The molecule has 0 bridgehead atoms. The Balaban J connectivity index is 1.74. The molecule has 3 N–H and O–H groups in total. The highest BCUT2D eigenvalue weighted by atomic mass is 35.5. The zero-order chi connectivity index (χ0) is 18.6. The van der Waals surface area contributed by atoms with E-state index in [0.717, 1.165) is 0 Å². The Morgan fingerprint density at radius 3 is 2.85 bits per heavy atom. The number of carbonyl (C=O) groups excluding carboxylic acids is 1. The van der Waals surface area contributed by atoms with E-state index in [1.807, 2.05) is 11.4 Å². The van der Waals surface area contributed by atoms with Crippen LogP contribution in [0, 0.1) is 0 Å². The summed E-state index contributed by atoms with van der Waals surface area (Å²) in [4.78, 5) is 13.0. The normalized spacial score (nSPS) is 13.0. The molecule has 0 spiro atoms. The summed E-state index contributed by atoms with van der Waals surface area (Å²) in [5.74, 6) is 0.824. The first-order chi connectivity index (χ1) is 12.5. The molecule has 3 rings (SSSR count). The van der Waals surface area contributed by atoms with Crippen LogP contribution in [0.2, 0.25) is 5.02 Å². The molecule has 0 aliphatic carbocycles. The van der Waals surface area contributed by atoms with Crippen LogP contribution in [0.1, 0.15) is 10.6 Å². The van der Waals surface area contributed by atoms with Gasteiger partial charge in [-0.3, -0.25) is 0 Å². The van der Waals surface area contributed by atoms with Gasteiger partial charge in [0, 0.05) is 9.90 Å². The van der Waals surface area contributed by atoms with Crippen LogP contribution in [-0.4, -0.2) is 24.8 Å². The molecule has 0 radical (unpaired) electrons. The van der Waals surface area contributed by atoms with Crippen LogP contribution in [-0.2, 0) is 5.60 Å². The number of carbonyl (C=O) groups is 1. The fraction of sp³-hybridized carbons (Fsp3) is 0.167. The summed E-state index contributed by atoms with van der Waals surface area (Å²) < 4.78 is 10.6. The van der Waals surface area contributed by atoms with Crippen LogP contribution in [0.15, 0.2) is 58.5 Å². The van der Waals surface area contributed by atoms with E-state index in [1.165, 1.54) is 24.7 Å². The van der Waals surface area contributed by atoms with Crippen molar-refractivity contribution in [1.29, 1.82) is 0 Å². The molecule has 0 unspecified atom stereocenters. The third-order valence-electron chi connectivity index (χ3n) is 3.77. The predicted molar refractivity (Wildman–Crippen MR) is 101 cm³/mol. The van der Waals surface area contributed by atoms with E-state index in [1.54, 1.807) is 36.4 Å². The summed E-state index contributed by atoms with van der Waals surface area (Å²) in [6, 6.07) is 11.4. The quantitative estimate of drug-likeness (QED) is 0.590. The van der Waals surface area contributed by atoms with Crippen molar-refractivity contribution in [2.45, 2.75) is 5.60 Å². The third-order valence-corrected chi connectivity index (χ3v) is 5.03. The van der Waals surface area contributed by atoms with E-state index in [-0.39, 0.29) is 6.54 Å². The maximum atomic E-state index is 12.3. The minimum Gasteiger partial charge on any atom is -0.495 e. The number of ether oxygens (including phenoxy) is 1. The second kappa shape index (κ2) is 7.82. The van der Waals surface area contributed by atoms with Crippen LogP contribution in [0.3, 0.4) is 0 Å². The van der Waals surface area contributed by atoms with Gasteiger partial charge in [0.2, 0.25) is 0 Å². The lowest BCUT2D eigenvalue weighted by atomic mass is 9.99. The van der Waals surface area contributed by atoms with Crippen molar-refractivity contribution < 1.29 is 19.1 Å². The van der Waals surface area contributed by atoms with Gasteiger partial charge in [0.05, 0.1) is 25.6 Å². The van der Waals surface area contributed by atoms with Gasteiger partial charge < -0.3 is 24.9 Å². The van der Waals surface area contributed by atoms with Gasteiger partial charge in [-0.25, -0.2) is 4.79 Å². The SMILES string of the molecule is COc1ccc(Cl)cc1NC(=O)NC[C@@](O)(c1ccco1)c1cccs1. The number of aliphatic hydroxyl groups is 1. The fourth-order valence-electron chi connectivity index (χ4n) is 2.48. The molecule has 3 aromatic rings. The zero-order valence-corrected chi connectivity index (χ0v) is 15.4. The summed E-state index contributed by atoms with van der Waals surface area (Å²) >= 11 is 7.34. The number of thiophene rings is 1. The van der Waals surface area contributed by atoms with E-state index in [2.05, 4.69) is 10.6 Å². The Labute approximate surface area is 159 Å². The molecular formula is C18H17ClN2O4S. The third kappa shape index (κ3) is 3.85. The molecule has 0 aliphatic rings. The van der Waals surface area contributed by atoms with Gasteiger partial charge in [0.15, 0.2) is 5.60 Å². The number of furan rings is 1. The summed E-state index contributed by atoms with van der Waals surface area (Å²) in [6.07, 6.45) is 1.48. The summed E-state index contributed by atoms with van der Waals surface area (Å²) in [5.41, 5.74) is -1.04. The Kier molecular flexibility index (Phi) is 5.51. The highest BCUT2D eigenvalue weighted by molar-refractivity contribution is 7.10. The number of urea groups is 1. The Morgan fingerprint density at radius 1 is 1.35 bits per heavy atom. The summed E-state index contributed by atoms with van der Waals surface area (Å²) in [5, 5.41) is 18.8. The zero-order valence-electron chi connectivity index (χ0n) is 13.9. The van der Waals surface area contributed by atoms with Crippen molar-refractivity contribution >= 4 is 34.7 Å². The van der Waals surface area contributed by atoms with E-state index in [0.29, 0.717) is 27.1 Å². The standard InChI is InChI=1S/C18H17ClN2O4S/c1-24-14-7-6-12(19)10-13(14)21-17(22)20-11-18(23,15-4-2-8-25-15)16-5-3-9-26-16/h2-10,23H,11H2,1H3,(H2,20,21,22)/t18-/m1/s1. The number of halogens is 1. The Hall–Kier alpha value is -2.48. The highest BCUT2D eigenvalue weighted by Crippen LogP contribution is 2.33. The van der Waals surface area contributed by atoms with E-state index in [9.17, 15) is 9.90 Å². The second-order valence-electron chi connectivity index (χ2n) is 5.47. The number of methoxy groups -OCH3 is 1. The van der Waals surface area contributed by atoms with Crippen LogP contribution in [0.25, 0.3) is 0 Å². The molecule has 1 atom stereocenters. The van der Waals surface area contributed by atoms with Crippen molar-refractivity contribution in [1.82, 2.24) is 5.32 Å². The minimum absolute atomic E-state index is 0.0737. The molecular weight excluding hydrogens is 376 g/mol. The van der Waals surface area contributed by atoms with Gasteiger partial charge in [-0.2, -0.15) is 0 Å². The lowest BCUT2D eigenvalue weighted by Crippen LogP contribution is -2.42. The molecule has 2 heterocycles. The molecule has 0 fully saturated rings.